The van der Waals surface area contributed by atoms with Gasteiger partial charge in [0, 0.05) is 18.1 Å². The molecule has 3 aromatic rings. The van der Waals surface area contributed by atoms with Crippen LogP contribution < -0.4 is 0 Å². The number of hydrogen-bond donors (Lipinski definition) is 1. The summed E-state index contributed by atoms with van der Waals surface area (Å²) in [6.45, 7) is 0.853. The number of H-pyrrole nitrogens is 1. The smallest absolute Gasteiger partial charge is 0.360 e. The van der Waals surface area contributed by atoms with Crippen molar-refractivity contribution in [3.05, 3.63) is 60.2 Å². The second-order valence-corrected chi connectivity index (χ2v) is 7.63. The number of fused-ring (bicyclic) bond motifs is 1. The number of halogens is 4. The number of alkyl halides is 3. The van der Waals surface area contributed by atoms with Gasteiger partial charge in [-0.1, -0.05) is 19.1 Å². The van der Waals surface area contributed by atoms with Crippen molar-refractivity contribution in [2.45, 2.75) is 24.2 Å². The third kappa shape index (κ3) is 3.67. The van der Waals surface area contributed by atoms with Crippen LogP contribution in [0.25, 0.3) is 10.9 Å². The van der Waals surface area contributed by atoms with Gasteiger partial charge < -0.3 is 4.98 Å². The fourth-order valence-corrected chi connectivity index (χ4v) is 4.41. The maximum Gasteiger partial charge on any atom is 0.409 e. The first-order chi connectivity index (χ1) is 12.6. The van der Waals surface area contributed by atoms with Crippen LogP contribution in [0.5, 0.6) is 0 Å². The van der Waals surface area contributed by atoms with Crippen LogP contribution >= 0.6 is 0 Å². The van der Waals surface area contributed by atoms with Gasteiger partial charge in [0.05, 0.1) is 11.7 Å². The van der Waals surface area contributed by atoms with E-state index < -0.39 is 39.6 Å². The molecule has 27 heavy (non-hydrogen) atoms. The molecule has 3 rings (SSSR count). The third-order valence-corrected chi connectivity index (χ3v) is 5.92. The Bertz CT molecular complexity index is 1050. The van der Waals surface area contributed by atoms with Gasteiger partial charge in [0.1, 0.15) is 11.9 Å². The van der Waals surface area contributed by atoms with Crippen molar-refractivity contribution in [1.29, 1.82) is 0 Å². The van der Waals surface area contributed by atoms with E-state index in [2.05, 4.69) is 9.97 Å². The minimum absolute atomic E-state index is 0.320. The molecule has 0 amide bonds. The van der Waals surface area contributed by atoms with Crippen LogP contribution in [0.2, 0.25) is 0 Å². The second kappa shape index (κ2) is 6.93. The van der Waals surface area contributed by atoms with E-state index in [1.54, 1.807) is 12.3 Å². The van der Waals surface area contributed by atoms with E-state index in [1.807, 2.05) is 0 Å². The summed E-state index contributed by atoms with van der Waals surface area (Å²) in [7, 11) is -4.57. The van der Waals surface area contributed by atoms with Crippen molar-refractivity contribution in [3.63, 3.8) is 0 Å². The van der Waals surface area contributed by atoms with Crippen LogP contribution in [-0.4, -0.2) is 35.4 Å². The fourth-order valence-electron chi connectivity index (χ4n) is 2.85. The summed E-state index contributed by atoms with van der Waals surface area (Å²) >= 11 is 0. The minimum atomic E-state index is -4.90. The van der Waals surface area contributed by atoms with Crippen molar-refractivity contribution in [1.82, 2.24) is 14.3 Å². The molecule has 1 N–H and O–H groups in total. The molecule has 0 bridgehead atoms. The predicted octanol–water partition coefficient (Wildman–Crippen LogP) is 4.02. The molecule has 1 unspecified atom stereocenters. The number of aromatic amines is 1. The Hall–Kier alpha value is -2.46. The van der Waals surface area contributed by atoms with Gasteiger partial charge in [-0.15, -0.1) is 0 Å². The van der Waals surface area contributed by atoms with Gasteiger partial charge in [-0.25, -0.2) is 17.8 Å². The lowest BCUT2D eigenvalue weighted by molar-refractivity contribution is -0.173. The highest BCUT2D eigenvalue weighted by atomic mass is 32.2. The van der Waals surface area contributed by atoms with Gasteiger partial charge in [0.2, 0.25) is 0 Å². The van der Waals surface area contributed by atoms with Crippen molar-refractivity contribution < 1.29 is 26.0 Å². The molecule has 0 spiro atoms. The number of aromatic nitrogens is 2. The Morgan fingerprint density at radius 2 is 1.85 bits per heavy atom. The highest BCUT2D eigenvalue weighted by molar-refractivity contribution is 7.89. The summed E-state index contributed by atoms with van der Waals surface area (Å²) < 4.78 is 80.6. The lowest BCUT2D eigenvalue weighted by Crippen LogP contribution is -2.42. The largest absolute Gasteiger partial charge is 0.409 e. The Labute approximate surface area is 152 Å². The molecule has 144 valence electrons. The Kier molecular flexibility index (Phi) is 4.96. The van der Waals surface area contributed by atoms with E-state index in [9.17, 15) is 26.0 Å². The quantitative estimate of drug-likeness (QED) is 0.657. The van der Waals surface area contributed by atoms with Crippen LogP contribution in [0.1, 0.15) is 18.5 Å². The number of pyridine rings is 1. The Balaban J connectivity index is 2.11. The SMILES string of the molecule is CCN(C(c1ccc(F)cc1)C(F)(F)F)S(=O)(=O)c1cc2cc[nH]c2cn1. The molecular weight excluding hydrogens is 386 g/mol. The molecule has 0 saturated carbocycles. The van der Waals surface area contributed by atoms with E-state index in [0.29, 0.717) is 15.2 Å². The van der Waals surface area contributed by atoms with E-state index >= 15 is 0 Å². The van der Waals surface area contributed by atoms with Crippen molar-refractivity contribution in [2.75, 3.05) is 6.54 Å². The number of benzene rings is 1. The molecule has 0 radical (unpaired) electrons. The number of nitrogens with zero attached hydrogens (tertiary/aromatic N) is 2. The average Bonchev–Trinajstić information content (AvgIpc) is 3.07. The lowest BCUT2D eigenvalue weighted by atomic mass is 10.1. The van der Waals surface area contributed by atoms with Crippen LogP contribution in [0.15, 0.2) is 53.8 Å². The van der Waals surface area contributed by atoms with Crippen molar-refractivity contribution in [3.8, 4) is 0 Å². The predicted molar refractivity (Wildman–Crippen MR) is 90.9 cm³/mol. The lowest BCUT2D eigenvalue weighted by Gasteiger charge is -2.31. The molecule has 1 aromatic carbocycles. The summed E-state index contributed by atoms with van der Waals surface area (Å²) in [5.41, 5.74) is 0.181. The summed E-state index contributed by atoms with van der Waals surface area (Å²) in [6.07, 6.45) is -2.09. The number of sulfonamides is 1. The van der Waals surface area contributed by atoms with Crippen molar-refractivity contribution in [2.24, 2.45) is 0 Å². The van der Waals surface area contributed by atoms with Crippen molar-refractivity contribution >= 4 is 20.9 Å². The second-order valence-electron chi connectivity index (χ2n) is 5.79. The van der Waals surface area contributed by atoms with Gasteiger partial charge in [-0.05, 0) is 29.8 Å². The van der Waals surface area contributed by atoms with Crippen LogP contribution in [0, 0.1) is 5.82 Å². The molecule has 1 atom stereocenters. The Morgan fingerprint density at radius 1 is 1.19 bits per heavy atom. The summed E-state index contributed by atoms with van der Waals surface area (Å²) in [4.78, 5) is 6.64. The first kappa shape index (κ1) is 19.3. The summed E-state index contributed by atoms with van der Waals surface area (Å²) in [5.74, 6) is -0.717. The molecule has 0 aliphatic heterocycles. The van der Waals surface area contributed by atoms with Crippen LogP contribution in [0.4, 0.5) is 17.6 Å². The van der Waals surface area contributed by atoms with Gasteiger partial charge in [0.25, 0.3) is 10.0 Å². The van der Waals surface area contributed by atoms with E-state index in [0.717, 1.165) is 24.3 Å². The van der Waals surface area contributed by atoms with Crippen LogP contribution in [0.3, 0.4) is 0 Å². The fraction of sp³-hybridized carbons (Fsp3) is 0.235. The molecule has 0 saturated heterocycles. The number of nitrogens with one attached hydrogen (secondary N) is 1. The molecule has 5 nitrogen and oxygen atoms in total. The molecule has 0 aliphatic rings. The third-order valence-electron chi connectivity index (χ3n) is 4.08. The van der Waals surface area contributed by atoms with Gasteiger partial charge in [-0.2, -0.15) is 17.5 Å². The van der Waals surface area contributed by atoms with Gasteiger partial charge in [-0.3, -0.25) is 0 Å². The average molecular weight is 401 g/mol. The van der Waals surface area contributed by atoms with E-state index in [1.165, 1.54) is 19.2 Å². The molecule has 0 aliphatic carbocycles. The molecular formula is C17H15F4N3O2S. The topological polar surface area (TPSA) is 66.1 Å². The summed E-state index contributed by atoms with van der Waals surface area (Å²) in [6, 6.07) is 3.91. The zero-order valence-electron chi connectivity index (χ0n) is 14.0. The minimum Gasteiger partial charge on any atom is -0.360 e. The molecule has 2 aromatic heterocycles. The van der Waals surface area contributed by atoms with Gasteiger partial charge in [0.15, 0.2) is 5.03 Å². The summed E-state index contributed by atoms with van der Waals surface area (Å²) in [5, 5.41) is 0.0118. The van der Waals surface area contributed by atoms with E-state index in [-0.39, 0.29) is 5.56 Å². The first-order valence-electron chi connectivity index (χ1n) is 7.91. The highest BCUT2D eigenvalue weighted by Gasteiger charge is 2.49. The van der Waals surface area contributed by atoms with Gasteiger partial charge >= 0.3 is 6.18 Å². The highest BCUT2D eigenvalue weighted by Crippen LogP contribution is 2.40. The normalized spacial score (nSPS) is 14.0. The molecule has 0 fully saturated rings. The molecule has 2 heterocycles. The maximum atomic E-state index is 13.8. The zero-order valence-corrected chi connectivity index (χ0v) is 14.9. The molecule has 10 heteroatoms. The number of rotatable bonds is 5. The maximum absolute atomic E-state index is 13.8. The monoisotopic (exact) mass is 401 g/mol. The van der Waals surface area contributed by atoms with Crippen LogP contribution in [-0.2, 0) is 10.0 Å². The first-order valence-corrected chi connectivity index (χ1v) is 9.35. The zero-order chi connectivity index (χ0) is 19.8. The standard InChI is InChI=1S/C17H15F4N3O2S/c1-2-24(16(17(19,20)21)11-3-5-13(18)6-4-11)27(25,26)15-9-12-7-8-22-14(12)10-23-15/h3-10,16,22H,2H2,1H3. The van der Waals surface area contributed by atoms with E-state index in [4.69, 9.17) is 0 Å². The Morgan fingerprint density at radius 3 is 2.44 bits per heavy atom. The number of hydrogen-bond acceptors (Lipinski definition) is 3.